The minimum absolute atomic E-state index is 0.0480. The maximum Gasteiger partial charge on any atom is 0.254 e. The van der Waals surface area contributed by atoms with Gasteiger partial charge >= 0.3 is 0 Å². The van der Waals surface area contributed by atoms with Crippen LogP contribution in [0, 0.1) is 0 Å². The zero-order valence-electron chi connectivity index (χ0n) is 12.3. The molecule has 0 aliphatic carbocycles. The minimum atomic E-state index is -0.243. The van der Waals surface area contributed by atoms with Crippen LogP contribution in [0.5, 0.6) is 0 Å². The average Bonchev–Trinajstić information content (AvgIpc) is 2.85. The van der Waals surface area contributed by atoms with E-state index in [1.165, 1.54) is 11.3 Å². The first-order valence-corrected chi connectivity index (χ1v) is 7.83. The topological polar surface area (TPSA) is 68.5 Å². The van der Waals surface area contributed by atoms with Crippen LogP contribution in [0.1, 0.15) is 30.1 Å². The van der Waals surface area contributed by atoms with Gasteiger partial charge in [-0.2, -0.15) is 0 Å². The van der Waals surface area contributed by atoms with Crippen molar-refractivity contribution < 1.29 is 9.53 Å². The van der Waals surface area contributed by atoms with E-state index in [4.69, 9.17) is 10.5 Å². The Balaban J connectivity index is 1.85. The summed E-state index contributed by atoms with van der Waals surface area (Å²) in [7, 11) is 1.71. The van der Waals surface area contributed by atoms with Crippen LogP contribution in [0.2, 0.25) is 0 Å². The van der Waals surface area contributed by atoms with Crippen molar-refractivity contribution in [3.63, 3.8) is 0 Å². The van der Waals surface area contributed by atoms with Crippen LogP contribution in [-0.4, -0.2) is 41.6 Å². The van der Waals surface area contributed by atoms with Gasteiger partial charge in [-0.05, 0) is 38.0 Å². The highest BCUT2D eigenvalue weighted by atomic mass is 32.1. The summed E-state index contributed by atoms with van der Waals surface area (Å²) in [6.45, 7) is 3.46. The maximum atomic E-state index is 12.7. The molecule has 1 aliphatic rings. The lowest BCUT2D eigenvalue weighted by molar-refractivity contribution is -0.0440. The Bertz CT molecular complexity index is 685. The first-order chi connectivity index (χ1) is 10.0. The largest absolute Gasteiger partial charge is 0.377 e. The number of ether oxygens (including phenoxy) is 1. The first-order valence-electron chi connectivity index (χ1n) is 7.01. The number of anilines is 1. The highest BCUT2D eigenvalue weighted by Gasteiger charge is 2.33. The third kappa shape index (κ3) is 2.73. The van der Waals surface area contributed by atoms with Crippen LogP contribution in [-0.2, 0) is 4.74 Å². The average molecular weight is 305 g/mol. The Morgan fingerprint density at radius 1 is 1.52 bits per heavy atom. The van der Waals surface area contributed by atoms with Gasteiger partial charge in [0.1, 0.15) is 0 Å². The lowest BCUT2D eigenvalue weighted by atomic mass is 9.94. The molecule has 1 saturated heterocycles. The van der Waals surface area contributed by atoms with Gasteiger partial charge in [-0.1, -0.05) is 11.3 Å². The van der Waals surface area contributed by atoms with Gasteiger partial charge in [0.2, 0.25) is 0 Å². The second kappa shape index (κ2) is 5.27. The van der Waals surface area contributed by atoms with E-state index in [2.05, 4.69) is 11.9 Å². The molecule has 0 spiro atoms. The Morgan fingerprint density at radius 2 is 2.33 bits per heavy atom. The van der Waals surface area contributed by atoms with Gasteiger partial charge in [0.15, 0.2) is 5.13 Å². The normalized spacial score (nSPS) is 22.7. The molecule has 1 amide bonds. The van der Waals surface area contributed by atoms with E-state index in [1.807, 2.05) is 23.1 Å². The number of benzene rings is 1. The summed E-state index contributed by atoms with van der Waals surface area (Å²) in [4.78, 5) is 18.8. The molecule has 1 unspecified atom stereocenters. The summed E-state index contributed by atoms with van der Waals surface area (Å²) in [6.07, 6.45) is 1.95. The molecule has 1 aromatic carbocycles. The van der Waals surface area contributed by atoms with Crippen LogP contribution < -0.4 is 5.73 Å². The number of carbonyl (C=O) groups is 1. The number of aromatic nitrogens is 1. The monoisotopic (exact) mass is 305 g/mol. The number of carbonyl (C=O) groups excluding carboxylic acids is 1. The molecule has 2 N–H and O–H groups in total. The second-order valence-corrected chi connectivity index (χ2v) is 6.78. The van der Waals surface area contributed by atoms with Crippen LogP contribution in [0.15, 0.2) is 18.2 Å². The molecule has 0 saturated carbocycles. The number of nitrogens with two attached hydrogens (primary N) is 1. The van der Waals surface area contributed by atoms with Crippen molar-refractivity contribution in [2.45, 2.75) is 25.4 Å². The zero-order chi connectivity index (χ0) is 15.0. The van der Waals surface area contributed by atoms with E-state index >= 15 is 0 Å². The number of nitrogens with zero attached hydrogens (tertiary/aromatic N) is 2. The van der Waals surface area contributed by atoms with E-state index in [0.29, 0.717) is 17.2 Å². The quantitative estimate of drug-likeness (QED) is 0.925. The summed E-state index contributed by atoms with van der Waals surface area (Å²) in [6, 6.07) is 5.56. The molecule has 3 rings (SSSR count). The Hall–Kier alpha value is -1.66. The standard InChI is InChI=1S/C15H19N3O2S/c1-15(20-2)6-3-7-18(9-15)13(19)10-4-5-11-12(8-10)21-14(16)17-11/h4-5,8H,3,6-7,9H2,1-2H3,(H2,16,17). The Labute approximate surface area is 127 Å². The van der Waals surface area contributed by atoms with E-state index in [-0.39, 0.29) is 11.5 Å². The van der Waals surface area contributed by atoms with Gasteiger partial charge in [-0.3, -0.25) is 4.79 Å². The number of rotatable bonds is 2. The molecule has 0 radical (unpaired) electrons. The highest BCUT2D eigenvalue weighted by molar-refractivity contribution is 7.22. The zero-order valence-corrected chi connectivity index (χ0v) is 13.1. The third-order valence-corrected chi connectivity index (χ3v) is 4.94. The van der Waals surface area contributed by atoms with Crippen molar-refractivity contribution in [3.8, 4) is 0 Å². The van der Waals surface area contributed by atoms with E-state index in [9.17, 15) is 4.79 Å². The number of thiazole rings is 1. The number of nitrogen functional groups attached to an aromatic ring is 1. The molecule has 112 valence electrons. The fourth-order valence-electron chi connectivity index (χ4n) is 2.80. The second-order valence-electron chi connectivity index (χ2n) is 5.72. The molecule has 6 heteroatoms. The Morgan fingerprint density at radius 3 is 3.10 bits per heavy atom. The summed E-state index contributed by atoms with van der Waals surface area (Å²) < 4.78 is 6.50. The lowest BCUT2D eigenvalue weighted by Crippen LogP contribution is -2.49. The molecule has 1 aliphatic heterocycles. The van der Waals surface area contributed by atoms with Crippen molar-refractivity contribution in [2.75, 3.05) is 25.9 Å². The van der Waals surface area contributed by atoms with Gasteiger partial charge < -0.3 is 15.4 Å². The molecule has 5 nitrogen and oxygen atoms in total. The van der Waals surface area contributed by atoms with Crippen molar-refractivity contribution >= 4 is 32.6 Å². The van der Waals surface area contributed by atoms with Gasteiger partial charge in [-0.25, -0.2) is 4.98 Å². The first kappa shape index (κ1) is 14.3. The smallest absolute Gasteiger partial charge is 0.254 e. The third-order valence-electron chi connectivity index (χ3n) is 4.09. The maximum absolute atomic E-state index is 12.7. The van der Waals surface area contributed by atoms with Crippen molar-refractivity contribution in [1.82, 2.24) is 9.88 Å². The number of likely N-dealkylation sites (tertiary alicyclic amines) is 1. The molecular formula is C15H19N3O2S. The van der Waals surface area contributed by atoms with Crippen LogP contribution in [0.3, 0.4) is 0 Å². The molecule has 2 heterocycles. The van der Waals surface area contributed by atoms with Gasteiger partial charge in [0.25, 0.3) is 5.91 Å². The van der Waals surface area contributed by atoms with Gasteiger partial charge in [0, 0.05) is 25.8 Å². The molecule has 0 bridgehead atoms. The molecule has 1 atom stereocenters. The summed E-state index contributed by atoms with van der Waals surface area (Å²) in [5.41, 5.74) is 6.99. The number of hydrogen-bond acceptors (Lipinski definition) is 5. The molecule has 21 heavy (non-hydrogen) atoms. The van der Waals surface area contributed by atoms with Crippen molar-refractivity contribution in [1.29, 1.82) is 0 Å². The van der Waals surface area contributed by atoms with Crippen LogP contribution in [0.25, 0.3) is 10.2 Å². The highest BCUT2D eigenvalue weighted by Crippen LogP contribution is 2.28. The number of piperidine rings is 1. The summed E-state index contributed by atoms with van der Waals surface area (Å²) in [5.74, 6) is 0.0480. The van der Waals surface area contributed by atoms with Crippen molar-refractivity contribution in [3.05, 3.63) is 23.8 Å². The van der Waals surface area contributed by atoms with E-state index in [0.717, 1.165) is 29.6 Å². The lowest BCUT2D eigenvalue weighted by Gasteiger charge is -2.39. The molecule has 1 fully saturated rings. The summed E-state index contributed by atoms with van der Waals surface area (Å²) >= 11 is 1.41. The Kier molecular flexibility index (Phi) is 3.59. The van der Waals surface area contributed by atoms with Gasteiger partial charge in [-0.15, -0.1) is 0 Å². The predicted octanol–water partition coefficient (Wildman–Crippen LogP) is 2.52. The fourth-order valence-corrected chi connectivity index (χ4v) is 3.58. The molecule has 2 aromatic rings. The SMILES string of the molecule is COC1(C)CCCN(C(=O)c2ccc3nc(N)sc3c2)C1. The molecule has 1 aromatic heterocycles. The fraction of sp³-hybridized carbons (Fsp3) is 0.467. The number of amides is 1. The molecular weight excluding hydrogens is 286 g/mol. The van der Waals surface area contributed by atoms with E-state index in [1.54, 1.807) is 7.11 Å². The number of fused-ring (bicyclic) bond motifs is 1. The predicted molar refractivity (Wildman–Crippen MR) is 84.6 cm³/mol. The van der Waals surface area contributed by atoms with Crippen molar-refractivity contribution in [2.24, 2.45) is 0 Å². The van der Waals surface area contributed by atoms with Gasteiger partial charge in [0.05, 0.1) is 15.8 Å². The summed E-state index contributed by atoms with van der Waals surface area (Å²) in [5, 5.41) is 0.527. The van der Waals surface area contributed by atoms with Crippen LogP contribution >= 0.6 is 11.3 Å². The van der Waals surface area contributed by atoms with E-state index < -0.39 is 0 Å². The van der Waals surface area contributed by atoms with Crippen LogP contribution in [0.4, 0.5) is 5.13 Å². The number of hydrogen-bond donors (Lipinski definition) is 1. The number of methoxy groups -OCH3 is 1. The minimum Gasteiger partial charge on any atom is -0.377 e.